The second kappa shape index (κ2) is 16.9. The van der Waals surface area contributed by atoms with E-state index in [4.69, 9.17) is 18.8 Å². The largest absolute Gasteiger partial charge is 0.436 e. The Balaban J connectivity index is 0.878. The number of nitrogens with zero attached hydrogens (tertiary/aromatic N) is 4. The van der Waals surface area contributed by atoms with E-state index in [0.717, 1.165) is 83.6 Å². The minimum absolute atomic E-state index is 0.210. The Hall–Kier alpha value is -9.78. The second-order valence-corrected chi connectivity index (χ2v) is 19.3. The molecule has 15 rings (SSSR count). The lowest BCUT2D eigenvalue weighted by Gasteiger charge is -2.36. The van der Waals surface area contributed by atoms with Gasteiger partial charge in [-0.25, -0.2) is 9.97 Å². The van der Waals surface area contributed by atoms with Crippen molar-refractivity contribution < 1.29 is 8.83 Å². The van der Waals surface area contributed by atoms with Crippen LogP contribution in [0.25, 0.3) is 93.9 Å². The first-order chi connectivity index (χ1) is 36.6. The lowest BCUT2D eigenvalue weighted by atomic mass is 9.75. The summed E-state index contributed by atoms with van der Waals surface area (Å²) in [4.78, 5) is 14.6. The quantitative estimate of drug-likeness (QED) is 0.141. The molecule has 0 saturated carbocycles. The zero-order valence-corrected chi connectivity index (χ0v) is 40.0. The Kier molecular flexibility index (Phi) is 9.60. The van der Waals surface area contributed by atoms with Crippen LogP contribution in [0, 0.1) is 5.92 Å². The van der Waals surface area contributed by atoms with Crippen molar-refractivity contribution in [2.45, 2.75) is 5.92 Å². The minimum atomic E-state index is 0.210. The monoisotopic (exact) mass is 948 g/mol. The van der Waals surface area contributed by atoms with E-state index in [2.05, 4.69) is 204 Å². The molecule has 6 heteroatoms. The van der Waals surface area contributed by atoms with Crippen molar-refractivity contribution in [1.82, 2.24) is 9.97 Å². The minimum Gasteiger partial charge on any atom is -0.436 e. The third-order valence-electron chi connectivity index (χ3n) is 15.0. The molecule has 2 heterocycles. The van der Waals surface area contributed by atoms with E-state index in [-0.39, 0.29) is 11.8 Å². The average Bonchev–Trinajstić information content (AvgIpc) is 4.11. The standard InChI is InChI=1S/C68H44N4O2/c1-3-15-43(16-4-1)67-69-61-35-31-51(41-65(61)73-67)71(63-39-45-19-7-9-21-53(45)57-23-11-13-25-59(57)63)49-29-33-55-47(37-49)27-28-48-38-50(30-34-56(48)55)72(64-40-46-20-8-10-22-54(46)58-24-12-14-26-60(58)64)52-32-36-62-66(42-52)74-68(70-62)44-17-5-2-6-18-44/h1-42,45,53H. The molecule has 0 radical (unpaired) electrons. The van der Waals surface area contributed by atoms with Crippen LogP contribution in [-0.2, 0) is 0 Å². The Labute approximate surface area is 426 Å². The topological polar surface area (TPSA) is 58.5 Å². The van der Waals surface area contributed by atoms with Crippen molar-refractivity contribution in [2.75, 3.05) is 9.80 Å². The van der Waals surface area contributed by atoms with Gasteiger partial charge in [0.25, 0.3) is 0 Å². The summed E-state index contributed by atoms with van der Waals surface area (Å²) in [6, 6.07) is 79.8. The molecule has 0 spiro atoms. The summed E-state index contributed by atoms with van der Waals surface area (Å²) in [7, 11) is 0. The third kappa shape index (κ3) is 6.95. The molecular weight excluding hydrogens is 905 g/mol. The molecule has 11 aromatic carbocycles. The molecule has 0 bridgehead atoms. The highest BCUT2D eigenvalue weighted by Gasteiger charge is 2.31. The van der Waals surface area contributed by atoms with Crippen molar-refractivity contribution in [3.8, 4) is 22.9 Å². The highest BCUT2D eigenvalue weighted by molar-refractivity contribution is 6.16. The normalized spacial score (nSPS) is 15.0. The fourth-order valence-electron chi connectivity index (χ4n) is 11.5. The number of aromatic nitrogens is 2. The van der Waals surface area contributed by atoms with Crippen molar-refractivity contribution in [3.05, 3.63) is 266 Å². The van der Waals surface area contributed by atoms with E-state index < -0.39 is 0 Å². The molecule has 2 aromatic heterocycles. The van der Waals surface area contributed by atoms with Crippen LogP contribution in [0.2, 0.25) is 0 Å². The van der Waals surface area contributed by atoms with Crippen LogP contribution >= 0.6 is 0 Å². The van der Waals surface area contributed by atoms with Gasteiger partial charge in [0.05, 0.1) is 17.1 Å². The van der Waals surface area contributed by atoms with Gasteiger partial charge in [0, 0.05) is 63.1 Å². The Morgan fingerprint density at radius 1 is 0.378 bits per heavy atom. The first-order valence-electron chi connectivity index (χ1n) is 25.2. The number of hydrogen-bond acceptors (Lipinski definition) is 6. The molecular formula is C68H44N4O2. The highest BCUT2D eigenvalue weighted by atomic mass is 16.4. The average molecular weight is 949 g/mol. The smallest absolute Gasteiger partial charge is 0.227 e. The number of anilines is 5. The van der Waals surface area contributed by atoms with Gasteiger partial charge >= 0.3 is 0 Å². The van der Waals surface area contributed by atoms with Crippen molar-refractivity contribution >= 4 is 99.4 Å². The van der Waals surface area contributed by atoms with E-state index in [1.54, 1.807) is 0 Å². The molecule has 13 aromatic rings. The van der Waals surface area contributed by atoms with Gasteiger partial charge in [-0.3, -0.25) is 0 Å². The van der Waals surface area contributed by atoms with E-state index in [0.29, 0.717) is 11.8 Å². The number of benzene rings is 11. The summed E-state index contributed by atoms with van der Waals surface area (Å²) >= 11 is 0. The second-order valence-electron chi connectivity index (χ2n) is 19.3. The zero-order chi connectivity index (χ0) is 48.7. The van der Waals surface area contributed by atoms with Crippen LogP contribution in [-0.4, -0.2) is 9.97 Å². The highest BCUT2D eigenvalue weighted by Crippen LogP contribution is 2.48. The maximum absolute atomic E-state index is 6.51. The summed E-state index contributed by atoms with van der Waals surface area (Å²) in [6.45, 7) is 0. The molecule has 348 valence electrons. The first-order valence-corrected chi connectivity index (χ1v) is 25.2. The number of hydrogen-bond donors (Lipinski definition) is 0. The van der Waals surface area contributed by atoms with Crippen molar-refractivity contribution in [3.63, 3.8) is 0 Å². The van der Waals surface area contributed by atoms with Crippen molar-refractivity contribution in [2.24, 2.45) is 5.92 Å². The lowest BCUT2D eigenvalue weighted by molar-refractivity contribution is 0.619. The third-order valence-corrected chi connectivity index (χ3v) is 15.0. The summed E-state index contributed by atoms with van der Waals surface area (Å²) in [5.41, 5.74) is 13.8. The van der Waals surface area contributed by atoms with Crippen LogP contribution in [0.1, 0.15) is 17.0 Å². The molecule has 2 atom stereocenters. The zero-order valence-electron chi connectivity index (χ0n) is 40.0. The predicted octanol–water partition coefficient (Wildman–Crippen LogP) is 18.4. The number of oxazole rings is 2. The molecule has 6 nitrogen and oxygen atoms in total. The molecule has 2 aliphatic carbocycles. The maximum atomic E-state index is 6.51. The molecule has 0 fully saturated rings. The Morgan fingerprint density at radius 3 is 1.55 bits per heavy atom. The van der Waals surface area contributed by atoms with Gasteiger partial charge in [-0.05, 0) is 122 Å². The molecule has 74 heavy (non-hydrogen) atoms. The van der Waals surface area contributed by atoms with Gasteiger partial charge in [-0.2, -0.15) is 0 Å². The van der Waals surface area contributed by atoms with Crippen LogP contribution in [0.4, 0.5) is 28.4 Å². The van der Waals surface area contributed by atoms with E-state index in [1.165, 1.54) is 38.1 Å². The molecule has 2 unspecified atom stereocenters. The van der Waals surface area contributed by atoms with Gasteiger partial charge in [-0.15, -0.1) is 0 Å². The molecule has 0 N–H and O–H groups in total. The van der Waals surface area contributed by atoms with Gasteiger partial charge < -0.3 is 18.6 Å². The summed E-state index contributed by atoms with van der Waals surface area (Å²) in [5, 5.41) is 9.38. The van der Waals surface area contributed by atoms with E-state index in [1.807, 2.05) is 60.7 Å². The van der Waals surface area contributed by atoms with Gasteiger partial charge in [0.15, 0.2) is 11.2 Å². The summed E-state index contributed by atoms with van der Waals surface area (Å²) in [5.74, 6) is 1.69. The number of rotatable bonds is 8. The van der Waals surface area contributed by atoms with Crippen LogP contribution in [0.3, 0.4) is 0 Å². The molecule has 0 aliphatic heterocycles. The number of fused-ring (bicyclic) bond motifs is 11. The fourth-order valence-corrected chi connectivity index (χ4v) is 11.5. The van der Waals surface area contributed by atoms with Gasteiger partial charge in [0.1, 0.15) is 11.0 Å². The van der Waals surface area contributed by atoms with E-state index >= 15 is 0 Å². The van der Waals surface area contributed by atoms with Crippen LogP contribution < -0.4 is 9.80 Å². The molecule has 0 saturated heterocycles. The molecule has 2 aliphatic rings. The number of allylic oxidation sites excluding steroid dienone is 5. The SMILES string of the molecule is C1=CC2C=C(N(c3ccc4c(ccc5cc(N(c6ccc7nc(-c8ccccc8)oc7c6)c6cc7ccccc7c7ccccc67)ccc54)c3)c3ccc4nc(-c5ccccc5)oc4c3)c3ccccc3C2C=C1. The Morgan fingerprint density at radius 2 is 0.878 bits per heavy atom. The van der Waals surface area contributed by atoms with E-state index in [9.17, 15) is 0 Å². The summed E-state index contributed by atoms with van der Waals surface area (Å²) in [6.07, 6.45) is 11.4. The predicted molar refractivity (Wildman–Crippen MR) is 305 cm³/mol. The van der Waals surface area contributed by atoms with Gasteiger partial charge in [0.2, 0.25) is 11.8 Å². The van der Waals surface area contributed by atoms with Crippen molar-refractivity contribution in [1.29, 1.82) is 0 Å². The summed E-state index contributed by atoms with van der Waals surface area (Å²) < 4.78 is 13.0. The lowest BCUT2D eigenvalue weighted by Crippen LogP contribution is -2.24. The molecule has 0 amide bonds. The Bertz CT molecular complexity index is 4470. The fraction of sp³-hybridized carbons (Fsp3) is 0.0294. The maximum Gasteiger partial charge on any atom is 0.227 e. The van der Waals surface area contributed by atoms with Crippen LogP contribution in [0.5, 0.6) is 0 Å². The van der Waals surface area contributed by atoms with Crippen LogP contribution in [0.15, 0.2) is 264 Å². The first kappa shape index (κ1) is 42.0. The van der Waals surface area contributed by atoms with Gasteiger partial charge in [-0.1, -0.05) is 164 Å².